The third kappa shape index (κ3) is 12.6. The first-order valence-electron chi connectivity index (χ1n) is 30.4. The first-order chi connectivity index (χ1) is 40.2. The number of aliphatic hydroxyl groups is 2. The minimum absolute atomic E-state index is 0.0552. The molecule has 464 valence electrons. The number of likely N-dealkylation sites (N-methyl/N-ethyl adjacent to an activating group) is 1. The van der Waals surface area contributed by atoms with Gasteiger partial charge in [0.15, 0.2) is 16.8 Å². The molecule has 18 nitrogen and oxygen atoms in total. The maximum atomic E-state index is 13.1. The molecule has 4 aliphatic carbocycles. The molecule has 7 N–H and O–H groups in total. The molecule has 9 rings (SSSR count). The van der Waals surface area contributed by atoms with Gasteiger partial charge in [0.25, 0.3) is 10.1 Å². The molecule has 85 heavy (non-hydrogen) atoms. The smallest absolute Gasteiger partial charge is 0.331 e. The number of benzene rings is 2. The van der Waals surface area contributed by atoms with Gasteiger partial charge in [-0.1, -0.05) is 45.9 Å². The normalized spacial score (nSPS) is 30.4. The van der Waals surface area contributed by atoms with Gasteiger partial charge in [0, 0.05) is 84.2 Å². The molecule has 21 heteroatoms. The Morgan fingerprint density at radius 2 is 1.67 bits per heavy atom. The van der Waals surface area contributed by atoms with E-state index in [-0.39, 0.29) is 89.8 Å². The summed E-state index contributed by atoms with van der Waals surface area (Å²) in [5.74, 6) is -0.636. The van der Waals surface area contributed by atoms with Gasteiger partial charge in [-0.25, -0.2) is 9.00 Å². The van der Waals surface area contributed by atoms with E-state index in [0.717, 1.165) is 90.9 Å². The highest BCUT2D eigenvalue weighted by atomic mass is 32.2. The summed E-state index contributed by atoms with van der Waals surface area (Å²) in [6, 6.07) is 9.18. The van der Waals surface area contributed by atoms with Crippen molar-refractivity contribution in [1.29, 1.82) is 0 Å². The van der Waals surface area contributed by atoms with Crippen molar-refractivity contribution in [2.75, 3.05) is 50.0 Å². The zero-order valence-corrected chi connectivity index (χ0v) is 52.8. The largest absolute Gasteiger partial charge is 0.458 e. The van der Waals surface area contributed by atoms with Crippen molar-refractivity contribution in [2.45, 2.75) is 176 Å². The van der Waals surface area contributed by atoms with Crippen molar-refractivity contribution in [3.05, 3.63) is 95.3 Å². The molecule has 4 saturated carbocycles. The number of amides is 3. The Balaban J connectivity index is 0.694. The summed E-state index contributed by atoms with van der Waals surface area (Å²) in [5.41, 5.74) is 3.47. The van der Waals surface area contributed by atoms with Crippen LogP contribution in [0.25, 0.3) is 0 Å². The lowest BCUT2D eigenvalue weighted by Gasteiger charge is -2.65. The molecular formula is C64H88N5O13S3+. The number of hydrogen-bond donors (Lipinski definition) is 8. The van der Waals surface area contributed by atoms with Gasteiger partial charge in [0.05, 0.1) is 33.0 Å². The van der Waals surface area contributed by atoms with Gasteiger partial charge in [-0.3, -0.25) is 18.9 Å². The van der Waals surface area contributed by atoms with Crippen LogP contribution in [0, 0.1) is 34.5 Å². The van der Waals surface area contributed by atoms with Crippen LogP contribution in [0.2, 0.25) is 0 Å². The van der Waals surface area contributed by atoms with E-state index in [9.17, 15) is 51.1 Å². The molecule has 3 aliphatic heterocycles. The molecule has 4 fully saturated rings. The summed E-state index contributed by atoms with van der Waals surface area (Å²) in [6.07, 6.45) is 19.6. The number of esters is 1. The quantitative estimate of drug-likeness (QED) is 0.0100. The highest BCUT2D eigenvalue weighted by Gasteiger charge is 2.71. The zero-order chi connectivity index (χ0) is 61.4. The van der Waals surface area contributed by atoms with Gasteiger partial charge < -0.3 is 45.1 Å². The first-order valence-corrected chi connectivity index (χ1v) is 33.6. The van der Waals surface area contributed by atoms with E-state index < -0.39 is 55.2 Å². The Bertz CT molecular complexity index is 3230. The van der Waals surface area contributed by atoms with Crippen molar-refractivity contribution in [1.82, 2.24) is 16.0 Å². The summed E-state index contributed by atoms with van der Waals surface area (Å²) in [4.78, 5) is 53.4. The number of carbonyl (C=O) groups is 4. The fraction of sp³-hybridized carbons (Fsp3) is 0.609. The van der Waals surface area contributed by atoms with Crippen molar-refractivity contribution in [3.63, 3.8) is 0 Å². The van der Waals surface area contributed by atoms with E-state index in [0.29, 0.717) is 56.1 Å². The monoisotopic (exact) mass is 1230 g/mol. The minimum atomic E-state index is -4.37. The summed E-state index contributed by atoms with van der Waals surface area (Å²) in [5, 5.41) is 33.0. The number of unbranched alkanes of at least 4 members (excludes halogenated alkanes) is 2. The van der Waals surface area contributed by atoms with Crippen molar-refractivity contribution in [3.8, 4) is 0 Å². The maximum absolute atomic E-state index is 13.1. The standard InChI is InChI=1S/C64H87N5O13S3/c1-8-68-51-24-21-44(85(78,79)80)35-49(51)61(4,5)53(68)16-11-9-12-17-54-60(2,3)48-34-43(84(76)77)20-23-52(48)69(54)31-14-10-13-18-56(71)67-50(39-83)59(74)66-30-15-29-65-57(72)38-81-42-25-27-62(6)41(33-42)19-22-46-47(62)36-55(70)63(7)45(26-28-64(46,63)75)40-32-58(73)82-37-40/h9,11-12,16-17,20-21,23-24,32,34-35,41-42,45-47,50,55,70,75H,8,10,13-15,18-19,22,25-31,33,36-39H2,1-7H3,(H5-,65,66,67,71,72,74,76,77,78,79,80,83)/p+1/t41-,42+,45-,46?,47?,50?,55-,62+,63+,64+/m1/s1. The molecule has 3 amide bonds. The predicted molar refractivity (Wildman–Crippen MR) is 329 cm³/mol. The molecule has 0 radical (unpaired) electrons. The summed E-state index contributed by atoms with van der Waals surface area (Å²) < 4.78 is 69.5. The van der Waals surface area contributed by atoms with Crippen LogP contribution in [0.15, 0.2) is 93.9 Å². The number of nitrogens with zero attached hydrogens (tertiary/aromatic N) is 2. The first kappa shape index (κ1) is 64.5. The van der Waals surface area contributed by atoms with E-state index >= 15 is 0 Å². The SMILES string of the molecule is CCN1C(=CC=CC=CC2=[N+](CCCCCC(=O)NC(CS)C(=O)NCCCNC(=O)CO[C@H]3CC[C@]4(C)C5C[C@@H](O)[C@]6(C)[C@@H](C7=CC(=O)OC7)CC[C@]6(O)C5CC[C@@H]4C3)c3ccc(S(=O)O)cc3C2(C)C)C(C)(C)c2cc(S(=O)(=O)O)ccc21. The second kappa shape index (κ2) is 25.6. The molecule has 2 aromatic carbocycles. The third-order valence-electron chi connectivity index (χ3n) is 20.8. The lowest BCUT2D eigenvalue weighted by molar-refractivity contribution is -0.438. The second-order valence-electron chi connectivity index (χ2n) is 26.1. The van der Waals surface area contributed by atoms with Crippen LogP contribution in [-0.2, 0) is 60.7 Å². The molecule has 0 aromatic heterocycles. The number of anilines is 1. The Morgan fingerprint density at radius 1 is 0.906 bits per heavy atom. The highest BCUT2D eigenvalue weighted by Crippen LogP contribution is 2.70. The van der Waals surface area contributed by atoms with Crippen molar-refractivity contribution < 1.29 is 65.2 Å². The zero-order valence-electron chi connectivity index (χ0n) is 50.2. The minimum Gasteiger partial charge on any atom is -0.458 e. The molecule has 0 bridgehead atoms. The van der Waals surface area contributed by atoms with Gasteiger partial charge >= 0.3 is 5.97 Å². The number of aliphatic hydroxyl groups excluding tert-OH is 1. The highest BCUT2D eigenvalue weighted by molar-refractivity contribution is 7.85. The van der Waals surface area contributed by atoms with Crippen LogP contribution in [0.5, 0.6) is 0 Å². The Morgan fingerprint density at radius 3 is 2.38 bits per heavy atom. The van der Waals surface area contributed by atoms with E-state index in [4.69, 9.17) is 9.47 Å². The number of allylic oxidation sites excluding steroid dienone is 6. The number of thiol groups is 1. The molecule has 7 aliphatic rings. The van der Waals surface area contributed by atoms with Crippen LogP contribution >= 0.6 is 12.6 Å². The Hall–Kier alpha value is -5.00. The fourth-order valence-electron chi connectivity index (χ4n) is 16.1. The third-order valence-corrected chi connectivity index (χ3v) is 22.7. The van der Waals surface area contributed by atoms with Gasteiger partial charge in [-0.05, 0) is 168 Å². The average Bonchev–Trinajstić information content (AvgIpc) is 1.68. The lowest BCUT2D eigenvalue weighted by atomic mass is 9.42. The lowest BCUT2D eigenvalue weighted by Crippen LogP contribution is -2.67. The maximum Gasteiger partial charge on any atom is 0.331 e. The molecule has 0 spiro atoms. The number of nitrogens with one attached hydrogen (secondary N) is 3. The average molecular weight is 1230 g/mol. The molecule has 2 aromatic rings. The Kier molecular flexibility index (Phi) is 19.4. The molecular weight excluding hydrogens is 1140 g/mol. The van der Waals surface area contributed by atoms with E-state index in [1.54, 1.807) is 24.3 Å². The number of hydrogen-bond acceptors (Lipinski definition) is 13. The molecule has 11 atom stereocenters. The van der Waals surface area contributed by atoms with Gasteiger partial charge in [0.2, 0.25) is 23.4 Å². The van der Waals surface area contributed by atoms with Crippen LogP contribution < -0.4 is 20.9 Å². The van der Waals surface area contributed by atoms with Gasteiger partial charge in [-0.15, -0.1) is 0 Å². The predicted octanol–water partition coefficient (Wildman–Crippen LogP) is 7.91. The number of carbonyl (C=O) groups excluding carboxylic acids is 4. The number of cyclic esters (lactones) is 1. The van der Waals surface area contributed by atoms with E-state index in [1.165, 1.54) is 12.1 Å². The number of fused-ring (bicyclic) bond motifs is 7. The molecule has 4 unspecified atom stereocenters. The topological polar surface area (TPSA) is 261 Å². The van der Waals surface area contributed by atoms with Crippen LogP contribution in [0.1, 0.15) is 143 Å². The van der Waals surface area contributed by atoms with Crippen LogP contribution in [0.4, 0.5) is 11.4 Å². The van der Waals surface area contributed by atoms with E-state index in [2.05, 4.69) is 58.8 Å². The van der Waals surface area contributed by atoms with Crippen molar-refractivity contribution in [2.24, 2.45) is 34.5 Å². The van der Waals surface area contributed by atoms with Crippen LogP contribution in [0.3, 0.4) is 0 Å². The molecule has 0 saturated heterocycles. The van der Waals surface area contributed by atoms with Crippen LogP contribution in [-0.4, -0.2) is 135 Å². The van der Waals surface area contributed by atoms with Crippen molar-refractivity contribution >= 4 is 74.6 Å². The van der Waals surface area contributed by atoms with Gasteiger partial charge in [-0.2, -0.15) is 25.6 Å². The van der Waals surface area contributed by atoms with E-state index in [1.807, 2.05) is 64.1 Å². The summed E-state index contributed by atoms with van der Waals surface area (Å²) >= 11 is 2.19. The number of rotatable bonds is 23. The summed E-state index contributed by atoms with van der Waals surface area (Å²) in [6.45, 7) is 16.6. The second-order valence-corrected chi connectivity index (χ2v) is 28.9. The summed E-state index contributed by atoms with van der Waals surface area (Å²) in [7, 11) is -4.37. The molecule has 3 heterocycles. The number of ether oxygens (including phenoxy) is 2. The fourth-order valence-corrected chi connectivity index (χ4v) is 17.3. The van der Waals surface area contributed by atoms with Gasteiger partial charge in [0.1, 0.15) is 25.8 Å². The Labute approximate surface area is 509 Å².